The summed E-state index contributed by atoms with van der Waals surface area (Å²) >= 11 is 0. The third-order valence-electron chi connectivity index (χ3n) is 2.66. The Kier molecular flexibility index (Phi) is 3.21. The average Bonchev–Trinajstić information content (AvgIpc) is 2.83. The van der Waals surface area contributed by atoms with Gasteiger partial charge in [-0.2, -0.15) is 0 Å². The van der Waals surface area contributed by atoms with E-state index < -0.39 is 17.5 Å². The molecule has 1 fully saturated rings. The molecule has 1 aromatic rings. The van der Waals surface area contributed by atoms with Crippen molar-refractivity contribution in [3.63, 3.8) is 0 Å². The minimum absolute atomic E-state index is 0.407. The van der Waals surface area contributed by atoms with Crippen molar-refractivity contribution in [3.8, 4) is 0 Å². The number of ether oxygens (including phenoxy) is 3. The van der Waals surface area contributed by atoms with Gasteiger partial charge >= 0.3 is 6.09 Å². The van der Waals surface area contributed by atoms with E-state index in [1.165, 1.54) is 4.57 Å². The van der Waals surface area contributed by atoms with Gasteiger partial charge in [0.25, 0.3) is 0 Å². The number of rotatable bonds is 1. The molecule has 5 nitrogen and oxygen atoms in total. The van der Waals surface area contributed by atoms with E-state index >= 15 is 0 Å². The van der Waals surface area contributed by atoms with Gasteiger partial charge in [0.15, 0.2) is 5.79 Å². The van der Waals surface area contributed by atoms with Crippen molar-refractivity contribution in [1.29, 1.82) is 0 Å². The van der Waals surface area contributed by atoms with Crippen molar-refractivity contribution < 1.29 is 19.0 Å². The Labute approximate surface area is 107 Å². The van der Waals surface area contributed by atoms with Crippen molar-refractivity contribution in [3.05, 3.63) is 24.0 Å². The molecule has 0 atom stereocenters. The van der Waals surface area contributed by atoms with Crippen LogP contribution in [0.1, 0.15) is 33.3 Å². The van der Waals surface area contributed by atoms with Crippen molar-refractivity contribution in [2.75, 3.05) is 13.2 Å². The van der Waals surface area contributed by atoms with Crippen LogP contribution in [-0.4, -0.2) is 29.5 Å². The summed E-state index contributed by atoms with van der Waals surface area (Å²) in [4.78, 5) is 11.9. The predicted molar refractivity (Wildman–Crippen MR) is 65.3 cm³/mol. The molecule has 0 saturated carbocycles. The number of hydrogen-bond acceptors (Lipinski definition) is 4. The quantitative estimate of drug-likeness (QED) is 0.771. The molecule has 0 unspecified atom stereocenters. The fourth-order valence-corrected chi connectivity index (χ4v) is 1.77. The molecule has 2 rings (SSSR count). The van der Waals surface area contributed by atoms with E-state index in [1.54, 1.807) is 18.5 Å². The van der Waals surface area contributed by atoms with Gasteiger partial charge in [0.05, 0.1) is 13.2 Å². The molecule has 1 aliphatic heterocycles. The summed E-state index contributed by atoms with van der Waals surface area (Å²) < 4.78 is 17.7. The number of aromatic nitrogens is 1. The average molecular weight is 253 g/mol. The zero-order valence-electron chi connectivity index (χ0n) is 11.2. The minimum Gasteiger partial charge on any atom is -0.443 e. The lowest BCUT2D eigenvalue weighted by Gasteiger charge is -2.21. The molecule has 1 saturated heterocycles. The maximum atomic E-state index is 11.9. The highest BCUT2D eigenvalue weighted by Crippen LogP contribution is 2.30. The molecule has 0 spiro atoms. The van der Waals surface area contributed by atoms with E-state index in [4.69, 9.17) is 14.2 Å². The second kappa shape index (κ2) is 4.40. The van der Waals surface area contributed by atoms with Gasteiger partial charge in [-0.15, -0.1) is 0 Å². The predicted octanol–water partition coefficient (Wildman–Crippen LogP) is 2.49. The topological polar surface area (TPSA) is 49.7 Å². The number of carbonyl (C=O) groups excluding carboxylic acids is 1. The first-order chi connectivity index (χ1) is 8.30. The van der Waals surface area contributed by atoms with Gasteiger partial charge in [-0.3, -0.25) is 4.57 Å². The second-order valence-corrected chi connectivity index (χ2v) is 5.43. The SMILES string of the molecule is CC(C)(C)OC(=O)n1ccc(C2(C)OCCO2)c1. The van der Waals surface area contributed by atoms with Crippen molar-refractivity contribution in [2.24, 2.45) is 0 Å². The molecular formula is C13H19NO4. The summed E-state index contributed by atoms with van der Waals surface area (Å²) in [6.07, 6.45) is 2.93. The summed E-state index contributed by atoms with van der Waals surface area (Å²) in [5.41, 5.74) is 0.303. The van der Waals surface area contributed by atoms with Gasteiger partial charge in [-0.05, 0) is 33.8 Å². The van der Waals surface area contributed by atoms with Crippen molar-refractivity contribution >= 4 is 6.09 Å². The van der Waals surface area contributed by atoms with Gasteiger partial charge in [0, 0.05) is 18.0 Å². The maximum absolute atomic E-state index is 11.9. The molecule has 18 heavy (non-hydrogen) atoms. The smallest absolute Gasteiger partial charge is 0.418 e. The lowest BCUT2D eigenvalue weighted by Crippen LogP contribution is -2.27. The lowest BCUT2D eigenvalue weighted by atomic mass is 10.2. The Balaban J connectivity index is 2.13. The monoisotopic (exact) mass is 253 g/mol. The van der Waals surface area contributed by atoms with Crippen LogP contribution in [0.5, 0.6) is 0 Å². The zero-order valence-corrected chi connectivity index (χ0v) is 11.2. The number of hydrogen-bond donors (Lipinski definition) is 0. The number of carbonyl (C=O) groups is 1. The molecule has 1 aromatic heterocycles. The molecule has 1 aliphatic rings. The van der Waals surface area contributed by atoms with Crippen LogP contribution in [-0.2, 0) is 20.0 Å². The zero-order chi connectivity index (χ0) is 13.4. The summed E-state index contributed by atoms with van der Waals surface area (Å²) in [6.45, 7) is 8.47. The van der Waals surface area contributed by atoms with E-state index in [0.29, 0.717) is 13.2 Å². The first-order valence-corrected chi connectivity index (χ1v) is 6.00. The molecule has 0 amide bonds. The van der Waals surface area contributed by atoms with Crippen LogP contribution in [0.4, 0.5) is 4.79 Å². The fourth-order valence-electron chi connectivity index (χ4n) is 1.77. The van der Waals surface area contributed by atoms with E-state index in [0.717, 1.165) is 5.56 Å². The molecule has 0 radical (unpaired) electrons. The van der Waals surface area contributed by atoms with Crippen LogP contribution in [0, 0.1) is 0 Å². The Morgan fingerprint density at radius 3 is 2.56 bits per heavy atom. The van der Waals surface area contributed by atoms with E-state index in [2.05, 4.69) is 0 Å². The minimum atomic E-state index is -0.757. The summed E-state index contributed by atoms with van der Waals surface area (Å²) in [5, 5.41) is 0. The molecule has 0 N–H and O–H groups in total. The largest absolute Gasteiger partial charge is 0.443 e. The van der Waals surface area contributed by atoms with Crippen LogP contribution in [0.2, 0.25) is 0 Å². The van der Waals surface area contributed by atoms with Crippen molar-refractivity contribution in [1.82, 2.24) is 4.57 Å². The Bertz CT molecular complexity index is 438. The van der Waals surface area contributed by atoms with Crippen molar-refractivity contribution in [2.45, 2.75) is 39.1 Å². The number of nitrogens with zero attached hydrogens (tertiary/aromatic N) is 1. The summed E-state index contributed by atoms with van der Waals surface area (Å²) in [5.74, 6) is -0.757. The Hall–Kier alpha value is -1.33. The highest BCUT2D eigenvalue weighted by atomic mass is 16.7. The van der Waals surface area contributed by atoms with E-state index in [1.807, 2.05) is 27.7 Å². The normalized spacial score (nSPS) is 18.9. The van der Waals surface area contributed by atoms with Gasteiger partial charge < -0.3 is 14.2 Å². The van der Waals surface area contributed by atoms with Crippen LogP contribution in [0.3, 0.4) is 0 Å². The lowest BCUT2D eigenvalue weighted by molar-refractivity contribution is -0.149. The second-order valence-electron chi connectivity index (χ2n) is 5.43. The standard InChI is InChI=1S/C13H19NO4/c1-12(2,3)18-11(15)14-6-5-10(9-14)13(4)16-7-8-17-13/h5-6,9H,7-8H2,1-4H3. The molecule has 0 aliphatic carbocycles. The van der Waals surface area contributed by atoms with E-state index in [9.17, 15) is 4.79 Å². The Morgan fingerprint density at radius 1 is 1.39 bits per heavy atom. The third-order valence-corrected chi connectivity index (χ3v) is 2.66. The van der Waals surface area contributed by atoms with Crippen LogP contribution < -0.4 is 0 Å². The molecule has 2 heterocycles. The highest BCUT2D eigenvalue weighted by Gasteiger charge is 2.34. The van der Waals surface area contributed by atoms with E-state index in [-0.39, 0.29) is 0 Å². The summed E-state index contributed by atoms with van der Waals surface area (Å²) in [6, 6.07) is 1.80. The molecular weight excluding hydrogens is 234 g/mol. The van der Waals surface area contributed by atoms with Crippen LogP contribution in [0.15, 0.2) is 18.5 Å². The van der Waals surface area contributed by atoms with Gasteiger partial charge in [-0.25, -0.2) is 4.79 Å². The fraction of sp³-hybridized carbons (Fsp3) is 0.615. The van der Waals surface area contributed by atoms with Crippen LogP contribution >= 0.6 is 0 Å². The van der Waals surface area contributed by atoms with Gasteiger partial charge in [0.2, 0.25) is 0 Å². The molecule has 100 valence electrons. The highest BCUT2D eigenvalue weighted by molar-refractivity contribution is 5.71. The van der Waals surface area contributed by atoms with Crippen LogP contribution in [0.25, 0.3) is 0 Å². The molecule has 0 bridgehead atoms. The molecule has 0 aromatic carbocycles. The summed E-state index contributed by atoms with van der Waals surface area (Å²) in [7, 11) is 0. The molecule has 5 heteroatoms. The third kappa shape index (κ3) is 2.73. The first-order valence-electron chi connectivity index (χ1n) is 6.00. The van der Waals surface area contributed by atoms with Gasteiger partial charge in [0.1, 0.15) is 5.60 Å². The maximum Gasteiger partial charge on any atom is 0.418 e. The van der Waals surface area contributed by atoms with Gasteiger partial charge in [-0.1, -0.05) is 0 Å². The Morgan fingerprint density at radius 2 is 2.00 bits per heavy atom. The first kappa shape index (κ1) is 13.1.